The summed E-state index contributed by atoms with van der Waals surface area (Å²) >= 11 is 3.35. The van der Waals surface area contributed by atoms with Crippen LogP contribution in [0.25, 0.3) is 0 Å². The molecule has 2 aromatic rings. The van der Waals surface area contributed by atoms with Gasteiger partial charge in [0.2, 0.25) is 0 Å². The van der Waals surface area contributed by atoms with Crippen LogP contribution in [0.4, 0.5) is 11.4 Å². The molecule has 98 valence electrons. The van der Waals surface area contributed by atoms with Crippen LogP contribution in [0.15, 0.2) is 46.9 Å². The number of hydrogen-bond acceptors (Lipinski definition) is 2. The Kier molecular flexibility index (Phi) is 3.90. The van der Waals surface area contributed by atoms with Crippen LogP contribution in [-0.4, -0.2) is 13.0 Å². The lowest BCUT2D eigenvalue weighted by molar-refractivity contribution is 0.0994. The second-order valence-electron chi connectivity index (χ2n) is 4.43. The number of carbonyl (C=O) groups is 1. The highest BCUT2D eigenvalue weighted by Crippen LogP contribution is 2.22. The third kappa shape index (κ3) is 2.96. The second kappa shape index (κ2) is 5.45. The Bertz CT molecular complexity index is 608. The van der Waals surface area contributed by atoms with Crippen molar-refractivity contribution in [1.29, 1.82) is 0 Å². The summed E-state index contributed by atoms with van der Waals surface area (Å²) in [6.07, 6.45) is 0. The molecule has 0 fully saturated rings. The number of amides is 1. The molecule has 0 unspecified atom stereocenters. The maximum atomic E-state index is 12.4. The summed E-state index contributed by atoms with van der Waals surface area (Å²) in [6.45, 7) is 2.01. The average Bonchev–Trinajstić information content (AvgIpc) is 2.41. The number of aryl methyl sites for hydroxylation is 1. The van der Waals surface area contributed by atoms with Crippen LogP contribution >= 0.6 is 15.9 Å². The molecule has 0 aromatic heterocycles. The van der Waals surface area contributed by atoms with Crippen molar-refractivity contribution < 1.29 is 4.79 Å². The zero-order valence-corrected chi connectivity index (χ0v) is 12.4. The first-order chi connectivity index (χ1) is 8.99. The number of rotatable bonds is 2. The number of nitrogen functional groups attached to an aromatic ring is 1. The van der Waals surface area contributed by atoms with Crippen molar-refractivity contribution in [2.75, 3.05) is 17.7 Å². The van der Waals surface area contributed by atoms with Gasteiger partial charge in [-0.3, -0.25) is 4.79 Å². The van der Waals surface area contributed by atoms with Crippen LogP contribution in [0.1, 0.15) is 15.9 Å². The van der Waals surface area contributed by atoms with Gasteiger partial charge in [-0.25, -0.2) is 0 Å². The number of nitrogens with zero attached hydrogens (tertiary/aromatic N) is 1. The lowest BCUT2D eigenvalue weighted by Gasteiger charge is -2.18. The van der Waals surface area contributed by atoms with Gasteiger partial charge in [0.15, 0.2) is 0 Å². The van der Waals surface area contributed by atoms with Crippen LogP contribution in [0.3, 0.4) is 0 Å². The molecule has 0 atom stereocenters. The Balaban J connectivity index is 2.33. The van der Waals surface area contributed by atoms with Gasteiger partial charge in [-0.2, -0.15) is 0 Å². The summed E-state index contributed by atoms with van der Waals surface area (Å²) in [7, 11) is 1.74. The quantitative estimate of drug-likeness (QED) is 0.860. The molecule has 0 bridgehead atoms. The van der Waals surface area contributed by atoms with Crippen molar-refractivity contribution in [3.05, 3.63) is 58.1 Å². The molecule has 3 nitrogen and oxygen atoms in total. The topological polar surface area (TPSA) is 46.3 Å². The fraction of sp³-hybridized carbons (Fsp3) is 0.133. The number of hydrogen-bond donors (Lipinski definition) is 1. The highest BCUT2D eigenvalue weighted by Gasteiger charge is 2.16. The molecular weight excluding hydrogens is 304 g/mol. The number of nitrogens with two attached hydrogens (primary N) is 1. The van der Waals surface area contributed by atoms with E-state index in [9.17, 15) is 4.79 Å². The molecule has 2 rings (SSSR count). The van der Waals surface area contributed by atoms with E-state index in [4.69, 9.17) is 5.73 Å². The first kappa shape index (κ1) is 13.6. The minimum atomic E-state index is -0.123. The Morgan fingerprint density at radius 2 is 1.79 bits per heavy atom. The molecular formula is C15H15BrN2O. The Morgan fingerprint density at radius 1 is 1.16 bits per heavy atom. The number of anilines is 2. The van der Waals surface area contributed by atoms with E-state index in [1.54, 1.807) is 24.1 Å². The highest BCUT2D eigenvalue weighted by molar-refractivity contribution is 9.10. The van der Waals surface area contributed by atoms with E-state index in [0.717, 1.165) is 15.7 Å². The second-order valence-corrected chi connectivity index (χ2v) is 5.35. The molecule has 0 radical (unpaired) electrons. The minimum Gasteiger partial charge on any atom is -0.398 e. The molecule has 0 saturated heterocycles. The van der Waals surface area contributed by atoms with Crippen molar-refractivity contribution in [3.8, 4) is 0 Å². The molecule has 2 N–H and O–H groups in total. The SMILES string of the molecule is Cc1ccc(N(C)C(=O)c2cc(Br)ccc2N)cc1. The van der Waals surface area contributed by atoms with E-state index in [0.29, 0.717) is 11.3 Å². The lowest BCUT2D eigenvalue weighted by Crippen LogP contribution is -2.27. The van der Waals surface area contributed by atoms with E-state index in [1.807, 2.05) is 37.3 Å². The van der Waals surface area contributed by atoms with Crippen LogP contribution in [0.2, 0.25) is 0 Å². The van der Waals surface area contributed by atoms with Crippen LogP contribution < -0.4 is 10.6 Å². The van der Waals surface area contributed by atoms with Gasteiger partial charge in [-0.1, -0.05) is 33.6 Å². The van der Waals surface area contributed by atoms with Gasteiger partial charge in [0.1, 0.15) is 0 Å². The lowest BCUT2D eigenvalue weighted by atomic mass is 10.1. The maximum Gasteiger partial charge on any atom is 0.260 e. The minimum absolute atomic E-state index is 0.123. The molecule has 0 saturated carbocycles. The molecule has 0 aliphatic carbocycles. The molecule has 19 heavy (non-hydrogen) atoms. The van der Waals surface area contributed by atoms with Crippen molar-refractivity contribution in [2.24, 2.45) is 0 Å². The highest BCUT2D eigenvalue weighted by atomic mass is 79.9. The van der Waals surface area contributed by atoms with Crippen molar-refractivity contribution >= 4 is 33.2 Å². The van der Waals surface area contributed by atoms with E-state index >= 15 is 0 Å². The van der Waals surface area contributed by atoms with Gasteiger partial charge >= 0.3 is 0 Å². The largest absolute Gasteiger partial charge is 0.398 e. The fourth-order valence-electron chi connectivity index (χ4n) is 1.78. The molecule has 0 aliphatic rings. The third-order valence-electron chi connectivity index (χ3n) is 2.97. The first-order valence-electron chi connectivity index (χ1n) is 5.89. The number of halogens is 1. The predicted molar refractivity (Wildman–Crippen MR) is 82.5 cm³/mol. The zero-order chi connectivity index (χ0) is 14.0. The van der Waals surface area contributed by atoms with E-state index in [-0.39, 0.29) is 5.91 Å². The summed E-state index contributed by atoms with van der Waals surface area (Å²) in [5.41, 5.74) is 8.84. The third-order valence-corrected chi connectivity index (χ3v) is 3.46. The van der Waals surface area contributed by atoms with E-state index in [2.05, 4.69) is 15.9 Å². The Labute approximate surface area is 121 Å². The van der Waals surface area contributed by atoms with E-state index in [1.165, 1.54) is 0 Å². The summed E-state index contributed by atoms with van der Waals surface area (Å²) < 4.78 is 0.836. The summed E-state index contributed by atoms with van der Waals surface area (Å²) in [6, 6.07) is 13.1. The zero-order valence-electron chi connectivity index (χ0n) is 10.9. The van der Waals surface area contributed by atoms with Crippen molar-refractivity contribution in [3.63, 3.8) is 0 Å². The first-order valence-corrected chi connectivity index (χ1v) is 6.68. The summed E-state index contributed by atoms with van der Waals surface area (Å²) in [4.78, 5) is 14.0. The molecule has 0 heterocycles. The van der Waals surface area contributed by atoms with Crippen LogP contribution in [0, 0.1) is 6.92 Å². The Hall–Kier alpha value is -1.81. The molecule has 4 heteroatoms. The molecule has 2 aromatic carbocycles. The molecule has 1 amide bonds. The number of carbonyl (C=O) groups excluding carboxylic acids is 1. The fourth-order valence-corrected chi connectivity index (χ4v) is 2.14. The normalized spacial score (nSPS) is 10.3. The van der Waals surface area contributed by atoms with Gasteiger partial charge in [-0.15, -0.1) is 0 Å². The standard InChI is InChI=1S/C15H15BrN2O/c1-10-3-6-12(7-4-10)18(2)15(19)13-9-11(16)5-8-14(13)17/h3-9H,17H2,1-2H3. The summed E-state index contributed by atoms with van der Waals surface area (Å²) in [5.74, 6) is -0.123. The predicted octanol–water partition coefficient (Wildman–Crippen LogP) is 3.62. The Morgan fingerprint density at radius 3 is 2.42 bits per heavy atom. The smallest absolute Gasteiger partial charge is 0.260 e. The average molecular weight is 319 g/mol. The van der Waals surface area contributed by atoms with E-state index < -0.39 is 0 Å². The van der Waals surface area contributed by atoms with Crippen molar-refractivity contribution in [2.45, 2.75) is 6.92 Å². The van der Waals surface area contributed by atoms with Crippen LogP contribution in [-0.2, 0) is 0 Å². The van der Waals surface area contributed by atoms with Gasteiger partial charge in [0, 0.05) is 22.9 Å². The van der Waals surface area contributed by atoms with Crippen LogP contribution in [0.5, 0.6) is 0 Å². The maximum absolute atomic E-state index is 12.4. The van der Waals surface area contributed by atoms with Crippen molar-refractivity contribution in [1.82, 2.24) is 0 Å². The molecule has 0 spiro atoms. The molecule has 0 aliphatic heterocycles. The summed E-state index contributed by atoms with van der Waals surface area (Å²) in [5, 5.41) is 0. The van der Waals surface area contributed by atoms with Gasteiger partial charge in [0.05, 0.1) is 5.56 Å². The van der Waals surface area contributed by atoms with Gasteiger partial charge < -0.3 is 10.6 Å². The van der Waals surface area contributed by atoms with Gasteiger partial charge in [-0.05, 0) is 37.3 Å². The van der Waals surface area contributed by atoms with Gasteiger partial charge in [0.25, 0.3) is 5.91 Å². The monoisotopic (exact) mass is 318 g/mol. The number of benzene rings is 2.